The van der Waals surface area contributed by atoms with Crippen LogP contribution in [0, 0.1) is 21.7 Å². The van der Waals surface area contributed by atoms with Crippen LogP contribution in [0.5, 0.6) is 0 Å². The standard InChI is InChI=1S/C36H60N2O7/c1-9-16-40-24-35(13-5,25-41-17-10-2)28-45-32(39)38-30-20-33(6,7)22-34(8,21-30)23-37-31-14-15-36(29-44-31,26-42-18-11-3)27-43-19-12-4/h9-12,14,30,37H,1-4,13,15-29H2,5-8H3,(H,38,39). The summed E-state index contributed by atoms with van der Waals surface area (Å²) in [5.41, 5.74) is -0.732. The molecule has 0 aromatic heterocycles. The zero-order valence-electron chi connectivity index (χ0n) is 28.5. The summed E-state index contributed by atoms with van der Waals surface area (Å²) in [6.07, 6.45) is 12.8. The minimum Gasteiger partial charge on any atom is -0.479 e. The lowest BCUT2D eigenvalue weighted by Gasteiger charge is -2.47. The summed E-state index contributed by atoms with van der Waals surface area (Å²) < 4.78 is 35.1. The fraction of sp³-hybridized carbons (Fsp3) is 0.694. The lowest BCUT2D eigenvalue weighted by atomic mass is 9.62. The minimum absolute atomic E-state index is 0.0176. The number of hydrogen-bond donors (Lipinski definition) is 2. The highest BCUT2D eigenvalue weighted by molar-refractivity contribution is 5.67. The first-order chi connectivity index (χ1) is 21.5. The van der Waals surface area contributed by atoms with Crippen LogP contribution in [0.25, 0.3) is 0 Å². The van der Waals surface area contributed by atoms with E-state index >= 15 is 0 Å². The van der Waals surface area contributed by atoms with Gasteiger partial charge < -0.3 is 39.1 Å². The van der Waals surface area contributed by atoms with E-state index in [4.69, 9.17) is 28.4 Å². The minimum atomic E-state index is -0.450. The van der Waals surface area contributed by atoms with Gasteiger partial charge in [-0.3, -0.25) is 0 Å². The van der Waals surface area contributed by atoms with Crippen LogP contribution >= 0.6 is 0 Å². The van der Waals surface area contributed by atoms with Gasteiger partial charge in [0.05, 0.1) is 63.7 Å². The van der Waals surface area contributed by atoms with E-state index in [9.17, 15) is 4.79 Å². The van der Waals surface area contributed by atoms with Gasteiger partial charge in [0.1, 0.15) is 13.2 Å². The number of carbonyl (C=O) groups excluding carboxylic acids is 1. The van der Waals surface area contributed by atoms with Crippen LogP contribution in [0.4, 0.5) is 4.79 Å². The molecule has 1 aliphatic carbocycles. The highest BCUT2D eigenvalue weighted by Gasteiger charge is 2.43. The second-order valence-corrected chi connectivity index (χ2v) is 14.0. The van der Waals surface area contributed by atoms with Crippen molar-refractivity contribution in [3.8, 4) is 0 Å². The summed E-state index contributed by atoms with van der Waals surface area (Å²) in [6, 6.07) is -0.0176. The number of alkyl carbamates (subject to hydrolysis) is 1. The fourth-order valence-corrected chi connectivity index (χ4v) is 6.49. The third-order valence-electron chi connectivity index (χ3n) is 8.54. The van der Waals surface area contributed by atoms with Crippen LogP contribution in [-0.4, -0.2) is 84.7 Å². The highest BCUT2D eigenvalue weighted by atomic mass is 16.6. The molecule has 9 nitrogen and oxygen atoms in total. The Hall–Kier alpha value is -2.59. The highest BCUT2D eigenvalue weighted by Crippen LogP contribution is 2.46. The SMILES string of the molecule is C=CCOCC(CC)(COCC=C)COC(=O)NC1CC(C)(C)CC(C)(CNC2=CCC(COCC=C)(COCC=C)CO2)C1. The molecule has 1 fully saturated rings. The molecule has 2 unspecified atom stereocenters. The first-order valence-corrected chi connectivity index (χ1v) is 16.2. The Morgan fingerprint density at radius 2 is 1.51 bits per heavy atom. The number of hydrogen-bond acceptors (Lipinski definition) is 8. The van der Waals surface area contributed by atoms with E-state index in [2.05, 4.69) is 70.7 Å². The third-order valence-corrected chi connectivity index (χ3v) is 8.54. The summed E-state index contributed by atoms with van der Waals surface area (Å²) in [4.78, 5) is 13.1. The van der Waals surface area contributed by atoms with Crippen molar-refractivity contribution in [1.29, 1.82) is 0 Å². The first kappa shape index (κ1) is 38.6. The quantitative estimate of drug-likeness (QED) is 0.0995. The molecule has 9 heteroatoms. The van der Waals surface area contributed by atoms with Crippen molar-refractivity contribution in [3.05, 3.63) is 62.6 Å². The van der Waals surface area contributed by atoms with E-state index < -0.39 is 11.5 Å². The lowest BCUT2D eigenvalue weighted by Crippen LogP contribution is -2.50. The maximum atomic E-state index is 13.1. The zero-order valence-corrected chi connectivity index (χ0v) is 28.5. The summed E-state index contributed by atoms with van der Waals surface area (Å²) in [7, 11) is 0. The molecule has 1 heterocycles. The molecule has 2 atom stereocenters. The number of carbonyl (C=O) groups is 1. The number of allylic oxidation sites excluding steroid dienone is 1. The predicted octanol–water partition coefficient (Wildman–Crippen LogP) is 6.34. The summed E-state index contributed by atoms with van der Waals surface area (Å²) in [5.74, 6) is 0.778. The Bertz CT molecular complexity index is 950. The molecule has 256 valence electrons. The molecule has 1 saturated carbocycles. The largest absolute Gasteiger partial charge is 0.479 e. The van der Waals surface area contributed by atoms with Gasteiger partial charge in [-0.05, 0) is 49.0 Å². The van der Waals surface area contributed by atoms with Crippen molar-refractivity contribution >= 4 is 6.09 Å². The molecule has 0 radical (unpaired) electrons. The van der Waals surface area contributed by atoms with Crippen LogP contribution in [0.15, 0.2) is 62.6 Å². The maximum absolute atomic E-state index is 13.1. The number of nitrogens with one attached hydrogen (secondary N) is 2. The Morgan fingerprint density at radius 3 is 2.02 bits per heavy atom. The molecule has 0 spiro atoms. The topological polar surface area (TPSA) is 96.5 Å². The van der Waals surface area contributed by atoms with E-state index in [0.29, 0.717) is 59.5 Å². The number of ether oxygens (including phenoxy) is 6. The van der Waals surface area contributed by atoms with E-state index in [0.717, 1.165) is 44.5 Å². The van der Waals surface area contributed by atoms with Gasteiger partial charge in [-0.15, -0.1) is 26.3 Å². The molecule has 1 aliphatic heterocycles. The van der Waals surface area contributed by atoms with Crippen molar-refractivity contribution in [2.24, 2.45) is 21.7 Å². The predicted molar refractivity (Wildman–Crippen MR) is 180 cm³/mol. The molecule has 2 rings (SSSR count). The third kappa shape index (κ3) is 13.7. The van der Waals surface area contributed by atoms with Crippen LogP contribution in [0.3, 0.4) is 0 Å². The van der Waals surface area contributed by atoms with Crippen molar-refractivity contribution in [2.75, 3.05) is 72.6 Å². The Balaban J connectivity index is 1.98. The lowest BCUT2D eigenvalue weighted by molar-refractivity contribution is -0.0592. The van der Waals surface area contributed by atoms with Crippen molar-refractivity contribution < 1.29 is 33.2 Å². The summed E-state index contributed by atoms with van der Waals surface area (Å²) in [6.45, 7) is 28.9. The zero-order chi connectivity index (χ0) is 33.2. The van der Waals surface area contributed by atoms with Crippen molar-refractivity contribution in [3.63, 3.8) is 0 Å². The van der Waals surface area contributed by atoms with E-state index in [1.165, 1.54) is 0 Å². The van der Waals surface area contributed by atoms with Crippen molar-refractivity contribution in [2.45, 2.75) is 65.8 Å². The first-order valence-electron chi connectivity index (χ1n) is 16.2. The number of rotatable bonds is 23. The second kappa shape index (κ2) is 19.2. The molecular formula is C36H60N2O7. The number of amides is 1. The molecule has 1 amide bonds. The second-order valence-electron chi connectivity index (χ2n) is 14.0. The average Bonchev–Trinajstić information content (AvgIpc) is 2.99. The van der Waals surface area contributed by atoms with Crippen LogP contribution in [-0.2, 0) is 28.4 Å². The molecule has 45 heavy (non-hydrogen) atoms. The monoisotopic (exact) mass is 632 g/mol. The van der Waals surface area contributed by atoms with Gasteiger partial charge in [0, 0.05) is 12.6 Å². The molecule has 0 bridgehead atoms. The van der Waals surface area contributed by atoms with Crippen LogP contribution in [0.1, 0.15) is 59.8 Å². The Morgan fingerprint density at radius 1 is 0.933 bits per heavy atom. The van der Waals surface area contributed by atoms with Gasteiger partial charge >= 0.3 is 6.09 Å². The van der Waals surface area contributed by atoms with Crippen molar-refractivity contribution in [1.82, 2.24) is 10.6 Å². The van der Waals surface area contributed by atoms with E-state index in [1.54, 1.807) is 24.3 Å². The summed E-state index contributed by atoms with van der Waals surface area (Å²) >= 11 is 0. The van der Waals surface area contributed by atoms with Gasteiger partial charge in [0.15, 0.2) is 5.88 Å². The fourth-order valence-electron chi connectivity index (χ4n) is 6.49. The maximum Gasteiger partial charge on any atom is 0.407 e. The molecule has 0 saturated heterocycles. The smallest absolute Gasteiger partial charge is 0.407 e. The van der Waals surface area contributed by atoms with Crippen LogP contribution < -0.4 is 10.6 Å². The van der Waals surface area contributed by atoms with E-state index in [-0.39, 0.29) is 28.9 Å². The molecule has 2 N–H and O–H groups in total. The Kier molecular flexibility index (Phi) is 16.4. The Labute approximate surface area is 272 Å². The van der Waals surface area contributed by atoms with Crippen LogP contribution in [0.2, 0.25) is 0 Å². The van der Waals surface area contributed by atoms with Gasteiger partial charge in [0.25, 0.3) is 0 Å². The van der Waals surface area contributed by atoms with Gasteiger partial charge in [-0.1, -0.05) is 52.0 Å². The molecule has 0 aromatic rings. The average molecular weight is 633 g/mol. The molecule has 2 aliphatic rings. The van der Waals surface area contributed by atoms with Gasteiger partial charge in [-0.25, -0.2) is 4.79 Å². The van der Waals surface area contributed by atoms with E-state index in [1.807, 2.05) is 0 Å². The molecular weight excluding hydrogens is 572 g/mol. The van der Waals surface area contributed by atoms with Gasteiger partial charge in [0.2, 0.25) is 0 Å². The van der Waals surface area contributed by atoms with Gasteiger partial charge in [-0.2, -0.15) is 0 Å². The normalized spacial score (nSPS) is 22.3. The molecule has 0 aromatic carbocycles. The summed E-state index contributed by atoms with van der Waals surface area (Å²) in [5, 5.41) is 6.72.